The molecular formula is C17H30N2Si. The highest BCUT2D eigenvalue weighted by Gasteiger charge is 2.22. The normalized spacial score (nSPS) is 22.1. The van der Waals surface area contributed by atoms with Crippen molar-refractivity contribution in [2.75, 3.05) is 26.7 Å². The minimum absolute atomic E-state index is 0.727. The lowest BCUT2D eigenvalue weighted by Crippen LogP contribution is -2.50. The molecular weight excluding hydrogens is 260 g/mol. The van der Waals surface area contributed by atoms with Gasteiger partial charge < -0.3 is 4.90 Å². The Kier molecular flexibility index (Phi) is 5.05. The monoisotopic (exact) mass is 290 g/mol. The van der Waals surface area contributed by atoms with Crippen LogP contribution >= 0.6 is 0 Å². The molecule has 112 valence electrons. The summed E-state index contributed by atoms with van der Waals surface area (Å²) in [5, 5.41) is 1.56. The number of likely N-dealkylation sites (N-methyl/N-ethyl adjacent to an activating group) is 1. The summed E-state index contributed by atoms with van der Waals surface area (Å²) in [6, 6.07) is 10.1. The zero-order valence-corrected chi connectivity index (χ0v) is 14.8. The number of hydrogen-bond donors (Lipinski definition) is 0. The predicted molar refractivity (Wildman–Crippen MR) is 91.4 cm³/mol. The third-order valence-corrected chi connectivity index (χ3v) is 6.62. The van der Waals surface area contributed by atoms with E-state index in [-0.39, 0.29) is 0 Å². The molecule has 1 heterocycles. The van der Waals surface area contributed by atoms with Gasteiger partial charge in [-0.3, -0.25) is 4.90 Å². The van der Waals surface area contributed by atoms with Gasteiger partial charge >= 0.3 is 0 Å². The van der Waals surface area contributed by atoms with Crippen molar-refractivity contribution in [1.29, 1.82) is 0 Å². The second-order valence-corrected chi connectivity index (χ2v) is 12.3. The van der Waals surface area contributed by atoms with Gasteiger partial charge in [0.2, 0.25) is 0 Å². The Morgan fingerprint density at radius 1 is 1.10 bits per heavy atom. The average Bonchev–Trinajstić information content (AvgIpc) is 2.40. The molecule has 0 bridgehead atoms. The minimum Gasteiger partial charge on any atom is -0.301 e. The van der Waals surface area contributed by atoms with Crippen LogP contribution in [0.25, 0.3) is 0 Å². The number of benzene rings is 1. The summed E-state index contributed by atoms with van der Waals surface area (Å²) in [5.74, 6) is 0. The van der Waals surface area contributed by atoms with Crippen molar-refractivity contribution in [3.05, 3.63) is 29.8 Å². The maximum Gasteiger partial charge on any atom is 0.0775 e. The van der Waals surface area contributed by atoms with E-state index >= 15 is 0 Å². The molecule has 0 N–H and O–H groups in total. The molecule has 0 aromatic heterocycles. The standard InChI is InChI=1S/C17H30N2Si/c1-6-16-14-19(12-11-18(16)2)13-15-7-9-17(10-8-15)20(3,4)5/h7-10,16H,6,11-14H2,1-5H3. The summed E-state index contributed by atoms with van der Waals surface area (Å²) in [6.45, 7) is 14.2. The SMILES string of the molecule is CCC1CN(Cc2ccc([Si](C)(C)C)cc2)CCN1C. The maximum absolute atomic E-state index is 2.61. The van der Waals surface area contributed by atoms with Crippen LogP contribution in [-0.4, -0.2) is 50.6 Å². The van der Waals surface area contributed by atoms with Crippen molar-refractivity contribution < 1.29 is 0 Å². The largest absolute Gasteiger partial charge is 0.301 e. The van der Waals surface area contributed by atoms with E-state index in [9.17, 15) is 0 Å². The first-order valence-corrected chi connectivity index (χ1v) is 11.4. The second-order valence-electron chi connectivity index (χ2n) is 7.22. The fourth-order valence-electron chi connectivity index (χ4n) is 2.96. The highest BCUT2D eigenvalue weighted by Crippen LogP contribution is 2.14. The van der Waals surface area contributed by atoms with Crippen molar-refractivity contribution >= 4 is 13.3 Å². The van der Waals surface area contributed by atoms with E-state index in [0.29, 0.717) is 0 Å². The van der Waals surface area contributed by atoms with E-state index in [0.717, 1.165) is 12.6 Å². The molecule has 1 aliphatic heterocycles. The van der Waals surface area contributed by atoms with Crippen LogP contribution in [0.1, 0.15) is 18.9 Å². The van der Waals surface area contributed by atoms with Crippen LogP contribution in [0.5, 0.6) is 0 Å². The summed E-state index contributed by atoms with van der Waals surface area (Å²) in [4.78, 5) is 5.11. The van der Waals surface area contributed by atoms with Crippen molar-refractivity contribution in [3.8, 4) is 0 Å². The van der Waals surface area contributed by atoms with Crippen LogP contribution in [0, 0.1) is 0 Å². The van der Waals surface area contributed by atoms with Gasteiger partial charge in [-0.25, -0.2) is 0 Å². The van der Waals surface area contributed by atoms with Crippen molar-refractivity contribution in [1.82, 2.24) is 9.80 Å². The van der Waals surface area contributed by atoms with E-state index in [1.165, 1.54) is 31.6 Å². The van der Waals surface area contributed by atoms with Crippen LogP contribution < -0.4 is 5.19 Å². The molecule has 0 radical (unpaired) electrons. The molecule has 20 heavy (non-hydrogen) atoms. The lowest BCUT2D eigenvalue weighted by atomic mass is 10.1. The van der Waals surface area contributed by atoms with Gasteiger partial charge in [0.25, 0.3) is 0 Å². The van der Waals surface area contributed by atoms with Gasteiger partial charge in [0.15, 0.2) is 0 Å². The number of hydrogen-bond acceptors (Lipinski definition) is 2. The van der Waals surface area contributed by atoms with E-state index in [1.807, 2.05) is 0 Å². The van der Waals surface area contributed by atoms with Gasteiger partial charge in [0.1, 0.15) is 0 Å². The van der Waals surface area contributed by atoms with Gasteiger partial charge in [-0.2, -0.15) is 0 Å². The van der Waals surface area contributed by atoms with Crippen LogP contribution in [0.4, 0.5) is 0 Å². The molecule has 2 rings (SSSR count). The highest BCUT2D eigenvalue weighted by molar-refractivity contribution is 6.88. The van der Waals surface area contributed by atoms with Gasteiger partial charge in [-0.1, -0.05) is 56.0 Å². The van der Waals surface area contributed by atoms with Crippen molar-refractivity contribution in [2.24, 2.45) is 0 Å². The summed E-state index contributed by atoms with van der Waals surface area (Å²) >= 11 is 0. The molecule has 1 atom stereocenters. The number of nitrogens with zero attached hydrogens (tertiary/aromatic N) is 2. The Bertz CT molecular complexity index is 422. The van der Waals surface area contributed by atoms with Crippen LogP contribution in [0.2, 0.25) is 19.6 Å². The Morgan fingerprint density at radius 2 is 1.75 bits per heavy atom. The zero-order valence-electron chi connectivity index (χ0n) is 13.8. The maximum atomic E-state index is 2.61. The molecule has 1 fully saturated rings. The quantitative estimate of drug-likeness (QED) is 0.787. The predicted octanol–water partition coefficient (Wildman–Crippen LogP) is 2.76. The van der Waals surface area contributed by atoms with Crippen molar-refractivity contribution in [3.63, 3.8) is 0 Å². The lowest BCUT2D eigenvalue weighted by molar-refractivity contribution is 0.0884. The average molecular weight is 291 g/mol. The van der Waals surface area contributed by atoms with Gasteiger partial charge in [-0.15, -0.1) is 0 Å². The van der Waals surface area contributed by atoms with Crippen molar-refractivity contribution in [2.45, 2.75) is 45.6 Å². The first kappa shape index (κ1) is 15.7. The molecule has 1 aliphatic rings. The Hall–Kier alpha value is -0.643. The molecule has 1 aromatic carbocycles. The molecule has 2 nitrogen and oxygen atoms in total. The van der Waals surface area contributed by atoms with E-state index in [4.69, 9.17) is 0 Å². The summed E-state index contributed by atoms with van der Waals surface area (Å²) in [5.41, 5.74) is 1.46. The van der Waals surface area contributed by atoms with Gasteiger partial charge in [0, 0.05) is 32.2 Å². The molecule has 1 aromatic rings. The van der Waals surface area contributed by atoms with Gasteiger partial charge in [-0.05, 0) is 19.0 Å². The fraction of sp³-hybridized carbons (Fsp3) is 0.647. The summed E-state index contributed by atoms with van der Waals surface area (Å²) < 4.78 is 0. The third-order valence-electron chi connectivity index (χ3n) is 4.56. The first-order valence-electron chi connectivity index (χ1n) is 7.92. The zero-order chi connectivity index (χ0) is 14.8. The van der Waals surface area contributed by atoms with Crippen LogP contribution in [0.15, 0.2) is 24.3 Å². The first-order chi connectivity index (χ1) is 9.40. The number of piperazine rings is 1. The topological polar surface area (TPSA) is 6.48 Å². The highest BCUT2D eigenvalue weighted by atomic mass is 28.3. The van der Waals surface area contributed by atoms with Crippen LogP contribution in [-0.2, 0) is 6.54 Å². The molecule has 1 unspecified atom stereocenters. The molecule has 0 spiro atoms. The Labute approximate surface area is 125 Å². The van der Waals surface area contributed by atoms with Gasteiger partial charge in [0.05, 0.1) is 8.07 Å². The van der Waals surface area contributed by atoms with Crippen LogP contribution in [0.3, 0.4) is 0 Å². The second kappa shape index (κ2) is 6.42. The molecule has 0 aliphatic carbocycles. The van der Waals surface area contributed by atoms with E-state index in [2.05, 4.69) is 67.7 Å². The lowest BCUT2D eigenvalue weighted by Gasteiger charge is -2.39. The molecule has 1 saturated heterocycles. The molecule has 3 heteroatoms. The number of rotatable bonds is 4. The third kappa shape index (κ3) is 3.93. The molecule has 0 saturated carbocycles. The summed E-state index contributed by atoms with van der Waals surface area (Å²) in [6.07, 6.45) is 1.25. The van der Waals surface area contributed by atoms with E-state index in [1.54, 1.807) is 5.19 Å². The Balaban J connectivity index is 1.97. The fourth-order valence-corrected chi connectivity index (χ4v) is 4.13. The Morgan fingerprint density at radius 3 is 2.30 bits per heavy atom. The summed E-state index contributed by atoms with van der Waals surface area (Å²) in [7, 11) is 1.10. The van der Waals surface area contributed by atoms with E-state index < -0.39 is 8.07 Å². The smallest absolute Gasteiger partial charge is 0.0775 e. The minimum atomic E-state index is -1.15. The molecule has 0 amide bonds.